The quantitative estimate of drug-likeness (QED) is 0.421. The molecule has 2 aromatic heterocycles. The number of carboxylic acids is 1. The van der Waals surface area contributed by atoms with Crippen molar-refractivity contribution in [2.75, 3.05) is 47.1 Å². The van der Waals surface area contributed by atoms with Crippen molar-refractivity contribution < 1.29 is 27.3 Å². The van der Waals surface area contributed by atoms with E-state index in [4.69, 9.17) is 14.5 Å². The summed E-state index contributed by atoms with van der Waals surface area (Å²) in [5.41, 5.74) is 2.69. The van der Waals surface area contributed by atoms with Crippen LogP contribution in [-0.4, -0.2) is 83.5 Å². The number of aryl methyl sites for hydroxylation is 1. The molecular weight excluding hydrogens is 551 g/mol. The number of nitrogens with zero attached hydrogens (tertiary/aromatic N) is 6. The van der Waals surface area contributed by atoms with Crippen LogP contribution in [0.25, 0.3) is 11.3 Å². The van der Waals surface area contributed by atoms with Crippen LogP contribution in [0.4, 0.5) is 22.0 Å². The highest BCUT2D eigenvalue weighted by Gasteiger charge is 2.29. The summed E-state index contributed by atoms with van der Waals surface area (Å²) in [7, 11) is -3.67. The Kier molecular flexibility index (Phi) is 9.08. The van der Waals surface area contributed by atoms with E-state index in [0.29, 0.717) is 18.2 Å². The molecule has 4 heterocycles. The zero-order valence-electron chi connectivity index (χ0n) is 23.5. The predicted molar refractivity (Wildman–Crippen MR) is 156 cm³/mol. The first-order valence-electron chi connectivity index (χ1n) is 13.4. The zero-order valence-corrected chi connectivity index (χ0v) is 24.3. The summed E-state index contributed by atoms with van der Waals surface area (Å²) < 4.78 is 39.4. The van der Waals surface area contributed by atoms with Gasteiger partial charge < -0.3 is 19.8 Å². The normalized spacial score (nSPS) is 19.1. The lowest BCUT2D eigenvalue weighted by atomic mass is 10.1. The Morgan fingerprint density at radius 2 is 1.71 bits per heavy atom. The van der Waals surface area contributed by atoms with E-state index >= 15 is 0 Å². The summed E-state index contributed by atoms with van der Waals surface area (Å²) in [6, 6.07) is 10.6. The number of benzene rings is 1. The highest BCUT2D eigenvalue weighted by atomic mass is 32.2. The van der Waals surface area contributed by atoms with E-state index in [0.717, 1.165) is 67.5 Å². The van der Waals surface area contributed by atoms with Crippen molar-refractivity contribution in [2.24, 2.45) is 0 Å². The van der Waals surface area contributed by atoms with Gasteiger partial charge in [-0.2, -0.15) is 13.4 Å². The van der Waals surface area contributed by atoms with Crippen LogP contribution in [0.3, 0.4) is 0 Å². The third-order valence-electron chi connectivity index (χ3n) is 7.17. The molecule has 0 radical (unpaired) electrons. The van der Waals surface area contributed by atoms with Crippen molar-refractivity contribution >= 4 is 33.7 Å². The van der Waals surface area contributed by atoms with Crippen molar-refractivity contribution in [1.82, 2.24) is 15.0 Å². The first kappa shape index (κ1) is 30.1. The fraction of sp³-hybridized carbons (Fsp3) is 0.429. The Balaban J connectivity index is 0.000000714. The van der Waals surface area contributed by atoms with E-state index < -0.39 is 16.1 Å². The summed E-state index contributed by atoms with van der Waals surface area (Å²) in [4.78, 5) is 32.4. The number of carbonyl (C=O) groups is 1. The first-order chi connectivity index (χ1) is 19.3. The van der Waals surface area contributed by atoms with Gasteiger partial charge in [-0.15, -0.1) is 0 Å². The highest BCUT2D eigenvalue weighted by molar-refractivity contribution is 7.85. The number of aromatic nitrogens is 3. The number of hydrogen-bond acceptors (Lipinski definition) is 9. The van der Waals surface area contributed by atoms with Gasteiger partial charge in [0, 0.05) is 56.1 Å². The van der Waals surface area contributed by atoms with Gasteiger partial charge in [-0.05, 0) is 69.5 Å². The predicted octanol–water partition coefficient (Wildman–Crippen LogP) is 3.89. The summed E-state index contributed by atoms with van der Waals surface area (Å²) in [6.07, 6.45) is 4.36. The second kappa shape index (κ2) is 12.4. The van der Waals surface area contributed by atoms with Crippen LogP contribution in [0.2, 0.25) is 0 Å². The minimum Gasteiger partial charge on any atom is -0.478 e. The minimum atomic E-state index is -3.67. The van der Waals surface area contributed by atoms with E-state index in [1.165, 1.54) is 18.3 Å². The smallest absolute Gasteiger partial charge is 0.337 e. The van der Waals surface area contributed by atoms with Gasteiger partial charge in [0.25, 0.3) is 10.1 Å². The fourth-order valence-corrected chi connectivity index (χ4v) is 5.20. The molecule has 0 unspecified atom stereocenters. The summed E-state index contributed by atoms with van der Waals surface area (Å²) in [5.74, 6) is 1.14. The maximum atomic E-state index is 13.6. The molecule has 220 valence electrons. The summed E-state index contributed by atoms with van der Waals surface area (Å²) >= 11 is 0. The minimum absolute atomic E-state index is 0.138. The van der Waals surface area contributed by atoms with Gasteiger partial charge in [0.15, 0.2) is 0 Å². The van der Waals surface area contributed by atoms with Gasteiger partial charge in [0.2, 0.25) is 5.95 Å². The molecule has 0 amide bonds. The summed E-state index contributed by atoms with van der Waals surface area (Å²) in [5, 5.41) is 9.25. The largest absolute Gasteiger partial charge is 0.478 e. The molecule has 41 heavy (non-hydrogen) atoms. The lowest BCUT2D eigenvalue weighted by Gasteiger charge is -2.41. The lowest BCUT2D eigenvalue weighted by molar-refractivity contribution is 0.0696. The molecule has 2 atom stereocenters. The van der Waals surface area contributed by atoms with Crippen LogP contribution >= 0.6 is 0 Å². The number of hydrogen-bond donors (Lipinski definition) is 2. The Bertz CT molecular complexity index is 1500. The maximum absolute atomic E-state index is 13.6. The number of halogens is 1. The molecule has 2 fully saturated rings. The number of piperazine rings is 1. The lowest BCUT2D eigenvalue weighted by Crippen LogP contribution is -2.53. The Morgan fingerprint density at radius 3 is 2.27 bits per heavy atom. The standard InChI is InChI=1S/C27H31FN6O2.CH4O3S/c1-17-13-21(26(35)36)15-29-25(17)32-11-12-33(19(3)16-32)24-14-23(20-6-8-22(28)9-7-20)30-27(31-24)34-10-4-5-18(34)2;1-5(2,3)4/h6-9,13-15,18-19H,4-5,10-12,16H2,1-3H3,(H,35,36);1H3,(H,2,3,4)/t18-,19-;/m1./s1. The molecule has 1 aromatic carbocycles. The number of anilines is 3. The molecule has 11 nitrogen and oxygen atoms in total. The van der Waals surface area contributed by atoms with E-state index in [1.54, 1.807) is 18.2 Å². The molecule has 3 aromatic rings. The van der Waals surface area contributed by atoms with Crippen LogP contribution in [0.1, 0.15) is 42.6 Å². The van der Waals surface area contributed by atoms with Gasteiger partial charge in [-0.3, -0.25) is 4.55 Å². The van der Waals surface area contributed by atoms with E-state index in [2.05, 4.69) is 33.5 Å². The SMILES string of the molecule is CS(=O)(=O)O.Cc1cc(C(=O)O)cnc1N1CCN(c2cc(-c3ccc(F)cc3)nc(N3CCC[C@H]3C)n2)[C@H](C)C1. The van der Waals surface area contributed by atoms with Gasteiger partial charge in [-0.1, -0.05) is 0 Å². The van der Waals surface area contributed by atoms with Crippen molar-refractivity contribution in [3.8, 4) is 11.3 Å². The van der Waals surface area contributed by atoms with Gasteiger partial charge >= 0.3 is 5.97 Å². The molecule has 0 bridgehead atoms. The van der Waals surface area contributed by atoms with Gasteiger partial charge in [-0.25, -0.2) is 19.2 Å². The van der Waals surface area contributed by atoms with Crippen molar-refractivity contribution in [1.29, 1.82) is 0 Å². The monoisotopic (exact) mass is 586 g/mol. The second-order valence-corrected chi connectivity index (χ2v) is 12.0. The van der Waals surface area contributed by atoms with Crippen LogP contribution in [-0.2, 0) is 10.1 Å². The van der Waals surface area contributed by atoms with Crippen LogP contribution in [0.15, 0.2) is 42.6 Å². The fourth-order valence-electron chi connectivity index (χ4n) is 5.20. The molecule has 0 saturated carbocycles. The summed E-state index contributed by atoms with van der Waals surface area (Å²) in [6.45, 7) is 9.38. The first-order valence-corrected chi connectivity index (χ1v) is 15.2. The zero-order chi connectivity index (χ0) is 29.9. The van der Waals surface area contributed by atoms with E-state index in [-0.39, 0.29) is 17.4 Å². The van der Waals surface area contributed by atoms with Gasteiger partial charge in [0.05, 0.1) is 17.5 Å². The average molecular weight is 587 g/mol. The van der Waals surface area contributed by atoms with Crippen molar-refractivity contribution in [3.05, 3.63) is 59.5 Å². The maximum Gasteiger partial charge on any atom is 0.337 e. The molecule has 5 rings (SSSR count). The molecule has 2 saturated heterocycles. The van der Waals surface area contributed by atoms with E-state index in [9.17, 15) is 22.7 Å². The number of carboxylic acid groups (broad SMARTS) is 1. The van der Waals surface area contributed by atoms with E-state index in [1.807, 2.05) is 13.0 Å². The molecule has 2 N–H and O–H groups in total. The molecule has 2 aliphatic rings. The molecule has 2 aliphatic heterocycles. The molecule has 0 aliphatic carbocycles. The Hall–Kier alpha value is -3.84. The molecular formula is C28H35FN6O5S. The number of pyridine rings is 1. The van der Waals surface area contributed by atoms with Crippen LogP contribution < -0.4 is 14.7 Å². The van der Waals surface area contributed by atoms with Crippen molar-refractivity contribution in [2.45, 2.75) is 45.7 Å². The van der Waals surface area contributed by atoms with Crippen LogP contribution in [0, 0.1) is 12.7 Å². The topological polar surface area (TPSA) is 140 Å². The average Bonchev–Trinajstić information content (AvgIpc) is 3.33. The van der Waals surface area contributed by atoms with Gasteiger partial charge in [0.1, 0.15) is 17.5 Å². The molecule has 0 spiro atoms. The Labute approximate surface area is 239 Å². The highest BCUT2D eigenvalue weighted by Crippen LogP contribution is 2.31. The Morgan fingerprint density at radius 1 is 1.02 bits per heavy atom. The number of aromatic carboxylic acids is 1. The number of rotatable bonds is 5. The third kappa shape index (κ3) is 7.67. The van der Waals surface area contributed by atoms with Crippen LogP contribution in [0.5, 0.6) is 0 Å². The second-order valence-electron chi connectivity index (χ2n) is 10.5. The third-order valence-corrected chi connectivity index (χ3v) is 7.17. The molecule has 13 heteroatoms. The van der Waals surface area contributed by atoms with Crippen molar-refractivity contribution in [3.63, 3.8) is 0 Å².